The van der Waals surface area contributed by atoms with Crippen molar-refractivity contribution >= 4 is 129 Å². The fourth-order valence-corrected chi connectivity index (χ4v) is 8.03. The first kappa shape index (κ1) is 49.6. The van der Waals surface area contributed by atoms with E-state index in [-0.39, 0.29) is 61.5 Å². The fraction of sp³-hybridized carbons (Fsp3) is 0. The highest BCUT2D eigenvalue weighted by Crippen LogP contribution is 2.42. The lowest BCUT2D eigenvalue weighted by Gasteiger charge is -2.09. The molecular weight excluding hydrogens is 997 g/mol. The third kappa shape index (κ3) is 11.8. The van der Waals surface area contributed by atoms with Crippen molar-refractivity contribution in [3.05, 3.63) is 127 Å². The molecule has 0 unspecified atom stereocenters. The second-order valence-electron chi connectivity index (χ2n) is 13.5. The maximum absolute atomic E-state index is 12.2. The maximum Gasteiger partial charge on any atom is 0.425 e. The molecular formula is C40H26N6O17S5. The third-order valence-electron chi connectivity index (χ3n) is 9.38. The molecule has 348 valence electrons. The Morgan fingerprint density at radius 2 is 0.647 bits per heavy atom. The Morgan fingerprint density at radius 1 is 0.338 bits per heavy atom. The molecule has 5 N–H and O–H groups in total. The molecule has 8 rings (SSSR count). The number of hydrogen-bond acceptors (Lipinski definition) is 20. The SMILES string of the molecule is O=S(=O)(O)c1ccc2c(N=Nc3ccc(N=Nc4ccc(N=Nc5cccc6cccc(O)c56)c5ccc(S(=O)(=O)O)cc45)c4ccc(S(=O)(=O)O)cc34)ccc(O)c2c1.O=S(=O)=O.O=S(=O)=O. The molecule has 0 amide bonds. The van der Waals surface area contributed by atoms with Gasteiger partial charge in [0.1, 0.15) is 11.5 Å². The van der Waals surface area contributed by atoms with Gasteiger partial charge in [-0.1, -0.05) is 42.5 Å². The minimum Gasteiger partial charge on any atom is -0.507 e. The van der Waals surface area contributed by atoms with Gasteiger partial charge in [-0.2, -0.15) is 25.3 Å². The average molecular weight is 1020 g/mol. The number of aromatic hydroxyl groups is 2. The zero-order valence-electron chi connectivity index (χ0n) is 33.5. The topological polar surface area (TPSA) is 380 Å². The number of nitrogens with zero attached hydrogens (tertiary/aromatic N) is 6. The average Bonchev–Trinajstić information content (AvgIpc) is 3.26. The van der Waals surface area contributed by atoms with Gasteiger partial charge in [0.2, 0.25) is 0 Å². The van der Waals surface area contributed by atoms with Gasteiger partial charge in [0.15, 0.2) is 0 Å². The number of phenolic OH excluding ortho intramolecular Hbond substituents is 2. The van der Waals surface area contributed by atoms with E-state index in [1.807, 2.05) is 12.1 Å². The van der Waals surface area contributed by atoms with E-state index in [1.165, 1.54) is 66.7 Å². The maximum atomic E-state index is 12.2. The first-order valence-corrected chi connectivity index (χ1v) is 24.6. The van der Waals surface area contributed by atoms with Crippen molar-refractivity contribution in [2.24, 2.45) is 30.7 Å². The number of hydrogen-bond donors (Lipinski definition) is 5. The smallest absolute Gasteiger partial charge is 0.425 e. The van der Waals surface area contributed by atoms with Gasteiger partial charge in [0.25, 0.3) is 30.4 Å². The van der Waals surface area contributed by atoms with E-state index in [0.29, 0.717) is 21.8 Å². The summed E-state index contributed by atoms with van der Waals surface area (Å²) in [6.07, 6.45) is 0. The van der Waals surface area contributed by atoms with Crippen molar-refractivity contribution in [1.29, 1.82) is 0 Å². The van der Waals surface area contributed by atoms with E-state index in [1.54, 1.807) is 24.3 Å². The van der Waals surface area contributed by atoms with Crippen molar-refractivity contribution in [3.63, 3.8) is 0 Å². The van der Waals surface area contributed by atoms with Crippen LogP contribution in [0.15, 0.2) is 173 Å². The van der Waals surface area contributed by atoms with Crippen molar-refractivity contribution in [2.45, 2.75) is 14.7 Å². The van der Waals surface area contributed by atoms with Crippen molar-refractivity contribution < 1.29 is 74.4 Å². The van der Waals surface area contributed by atoms with Gasteiger partial charge < -0.3 is 10.2 Å². The van der Waals surface area contributed by atoms with Crippen LogP contribution in [-0.4, -0.2) is 74.4 Å². The number of phenols is 2. The molecule has 0 heterocycles. The van der Waals surface area contributed by atoms with Crippen LogP contribution in [0.2, 0.25) is 0 Å². The molecule has 23 nitrogen and oxygen atoms in total. The number of azo groups is 3. The minimum atomic E-state index is -4.70. The lowest BCUT2D eigenvalue weighted by molar-refractivity contribution is 0.479. The lowest BCUT2D eigenvalue weighted by atomic mass is 10.1. The van der Waals surface area contributed by atoms with Gasteiger partial charge in [-0.15, -0.1) is 55.9 Å². The first-order chi connectivity index (χ1) is 31.9. The molecule has 0 atom stereocenters. The van der Waals surface area contributed by atoms with Gasteiger partial charge in [0.05, 0.1) is 54.2 Å². The highest BCUT2D eigenvalue weighted by molar-refractivity contribution is 7.86. The Bertz CT molecular complexity index is 4020. The Hall–Kier alpha value is -7.83. The van der Waals surface area contributed by atoms with Crippen molar-refractivity contribution in [3.8, 4) is 11.5 Å². The van der Waals surface area contributed by atoms with Crippen LogP contribution in [0.4, 0.5) is 34.1 Å². The summed E-state index contributed by atoms with van der Waals surface area (Å²) < 4.78 is 152. The molecule has 0 aliphatic rings. The van der Waals surface area contributed by atoms with Crippen LogP contribution in [0.3, 0.4) is 0 Å². The summed E-state index contributed by atoms with van der Waals surface area (Å²) in [7, 11) is -20.2. The first-order valence-electron chi connectivity index (χ1n) is 18.2. The summed E-state index contributed by atoms with van der Waals surface area (Å²) in [6.45, 7) is 0. The molecule has 0 fully saturated rings. The summed E-state index contributed by atoms with van der Waals surface area (Å²) in [5, 5.41) is 49.6. The molecule has 0 saturated heterocycles. The van der Waals surface area contributed by atoms with E-state index in [9.17, 15) is 49.1 Å². The molecule has 0 saturated carbocycles. The predicted molar refractivity (Wildman–Crippen MR) is 240 cm³/mol. The summed E-state index contributed by atoms with van der Waals surface area (Å²) in [5.41, 5.74) is 1.24. The standard InChI is InChI=1S/C40H26N6O11S3.2O3S/c47-38-18-17-34(28-12-9-25(21-31(28)38)60(55,56)57)42-45-36-15-13-32(26-10-7-23(19-29(26)36)58(49,50)51)41-44-35-16-14-33(27-11-8-24(20-30(27)35)59(52,53)54)43-46-37-5-1-3-22-4-2-6-39(48)40(22)37;2*1-4(2)3/h1-21,47-48H,(H,49,50,51)(H,52,53,54)(H,55,56,57);;. The molecule has 8 aromatic rings. The second-order valence-corrected chi connectivity index (χ2v) is 18.6. The monoisotopic (exact) mass is 1020 g/mol. The van der Waals surface area contributed by atoms with Crippen LogP contribution in [0.1, 0.15) is 0 Å². The lowest BCUT2D eigenvalue weighted by Crippen LogP contribution is -1.97. The van der Waals surface area contributed by atoms with E-state index in [2.05, 4.69) is 30.7 Å². The van der Waals surface area contributed by atoms with Gasteiger partial charge in [-0.3, -0.25) is 13.7 Å². The van der Waals surface area contributed by atoms with E-state index >= 15 is 0 Å². The Kier molecular flexibility index (Phi) is 14.6. The highest BCUT2D eigenvalue weighted by atomic mass is 32.2. The van der Waals surface area contributed by atoms with Gasteiger partial charge in [-0.05, 0) is 90.3 Å². The van der Waals surface area contributed by atoms with E-state index in [4.69, 9.17) is 25.3 Å². The van der Waals surface area contributed by atoms with Crippen molar-refractivity contribution in [2.75, 3.05) is 0 Å². The molecule has 68 heavy (non-hydrogen) atoms. The second kappa shape index (κ2) is 20.0. The van der Waals surface area contributed by atoms with Crippen LogP contribution in [0.5, 0.6) is 11.5 Å². The highest BCUT2D eigenvalue weighted by Gasteiger charge is 2.18. The van der Waals surface area contributed by atoms with E-state index < -0.39 is 66.3 Å². The number of fused-ring (bicyclic) bond motifs is 4. The zero-order chi connectivity index (χ0) is 49.7. The molecule has 0 aliphatic carbocycles. The largest absolute Gasteiger partial charge is 0.507 e. The summed E-state index contributed by atoms with van der Waals surface area (Å²) in [6, 6.07) is 29.9. The molecule has 28 heteroatoms. The Balaban J connectivity index is 0.000000883. The fourth-order valence-electron chi connectivity index (χ4n) is 6.51. The van der Waals surface area contributed by atoms with Crippen LogP contribution in [-0.2, 0) is 51.6 Å². The molecule has 0 spiro atoms. The molecule has 0 aromatic heterocycles. The van der Waals surface area contributed by atoms with Crippen LogP contribution >= 0.6 is 0 Å². The number of rotatable bonds is 9. The summed E-state index contributed by atoms with van der Waals surface area (Å²) in [5.74, 6) is -0.293. The Labute approximate surface area is 385 Å². The van der Waals surface area contributed by atoms with Crippen molar-refractivity contribution in [1.82, 2.24) is 0 Å². The normalized spacial score (nSPS) is 12.1. The van der Waals surface area contributed by atoms with Crippen LogP contribution in [0.25, 0.3) is 43.1 Å². The third-order valence-corrected chi connectivity index (χ3v) is 11.9. The van der Waals surface area contributed by atoms with Crippen LogP contribution < -0.4 is 0 Å². The molecule has 0 aliphatic heterocycles. The quantitative estimate of drug-likeness (QED) is 0.0666. The van der Waals surface area contributed by atoms with Gasteiger partial charge in [0, 0.05) is 32.3 Å². The molecule has 8 aromatic carbocycles. The summed E-state index contributed by atoms with van der Waals surface area (Å²) in [4.78, 5) is -1.36. The predicted octanol–water partition coefficient (Wildman–Crippen LogP) is 8.69. The molecule has 0 radical (unpaired) electrons. The summed E-state index contributed by atoms with van der Waals surface area (Å²) >= 11 is 0. The van der Waals surface area contributed by atoms with Gasteiger partial charge in [-0.25, -0.2) is 0 Å². The minimum absolute atomic E-state index is 0.00315. The van der Waals surface area contributed by atoms with E-state index in [0.717, 1.165) is 29.7 Å². The Morgan fingerprint density at radius 3 is 1.03 bits per heavy atom. The number of benzene rings is 8. The van der Waals surface area contributed by atoms with Gasteiger partial charge >= 0.3 is 21.2 Å². The molecule has 0 bridgehead atoms. The van der Waals surface area contributed by atoms with Crippen LogP contribution in [0, 0.1) is 0 Å². The zero-order valence-corrected chi connectivity index (χ0v) is 37.6.